The molecule has 0 spiro atoms. The monoisotopic (exact) mass is 350 g/mol. The summed E-state index contributed by atoms with van der Waals surface area (Å²) in [4.78, 5) is 0.171. The molecule has 0 aliphatic carbocycles. The van der Waals surface area contributed by atoms with Crippen LogP contribution in [-0.4, -0.2) is 37.0 Å². The van der Waals surface area contributed by atoms with Crippen LogP contribution in [0.25, 0.3) is 0 Å². The Morgan fingerprint density at radius 3 is 1.90 bits per heavy atom. The summed E-state index contributed by atoms with van der Waals surface area (Å²) >= 11 is 3.69. The average Bonchev–Trinajstić information content (AvgIpc) is 2.39. The van der Waals surface area contributed by atoms with Crippen LogP contribution in [0.4, 0.5) is 0 Å². The molecule has 5 nitrogen and oxygen atoms in total. The third-order valence-electron chi connectivity index (χ3n) is 2.75. The molecule has 0 aliphatic heterocycles. The Bertz CT molecular complexity index is 530. The predicted octanol–water partition coefficient (Wildman–Crippen LogP) is 2.44. The van der Waals surface area contributed by atoms with Crippen LogP contribution in [0.2, 0.25) is 0 Å². The van der Waals surface area contributed by atoms with Crippen molar-refractivity contribution in [3.63, 3.8) is 0 Å². The highest BCUT2D eigenvalue weighted by Crippen LogP contribution is 2.25. The second kappa shape index (κ2) is 8.30. The quantitative estimate of drug-likeness (QED) is 0.421. The van der Waals surface area contributed by atoms with Crippen molar-refractivity contribution in [1.29, 1.82) is 0 Å². The first-order valence-electron chi connectivity index (χ1n) is 6.85. The minimum atomic E-state index is -3.60. The van der Waals surface area contributed by atoms with E-state index in [-0.39, 0.29) is 4.90 Å². The average molecular weight is 351 g/mol. The third kappa shape index (κ3) is 5.39. The summed E-state index contributed by atoms with van der Waals surface area (Å²) in [5.41, 5.74) is 0.606. The third-order valence-corrected chi connectivity index (χ3v) is 7.29. The van der Waals surface area contributed by atoms with Crippen molar-refractivity contribution in [2.45, 2.75) is 31.7 Å². The van der Waals surface area contributed by atoms with Crippen LogP contribution in [0.3, 0.4) is 0 Å². The highest BCUT2D eigenvalue weighted by Gasteiger charge is 2.41. The fourth-order valence-corrected chi connectivity index (χ4v) is 6.11. The molecule has 0 N–H and O–H groups in total. The summed E-state index contributed by atoms with van der Waals surface area (Å²) in [5.74, 6) is 0. The van der Waals surface area contributed by atoms with Crippen LogP contribution in [0, 0.1) is 0 Å². The van der Waals surface area contributed by atoms with E-state index in [4.69, 9.17) is 13.3 Å². The van der Waals surface area contributed by atoms with E-state index in [9.17, 15) is 8.42 Å². The Hall–Kier alpha value is -0.383. The summed E-state index contributed by atoms with van der Waals surface area (Å²) in [6.45, 7) is 6.93. The molecule has 0 saturated carbocycles. The van der Waals surface area contributed by atoms with E-state index < -0.39 is 17.7 Å². The maximum Gasteiger partial charge on any atom is 0.505 e. The molecule has 0 aliphatic rings. The zero-order valence-corrected chi connectivity index (χ0v) is 15.2. The molecule has 0 amide bonds. The predicted molar refractivity (Wildman–Crippen MR) is 86.9 cm³/mol. The lowest BCUT2D eigenvalue weighted by molar-refractivity contribution is 0.0702. The van der Waals surface area contributed by atoms with Crippen LogP contribution in [0.1, 0.15) is 26.3 Å². The van der Waals surface area contributed by atoms with Gasteiger partial charge in [-0.3, -0.25) is 0 Å². The highest BCUT2D eigenvalue weighted by molar-refractivity contribution is 8.63. The molecule has 0 heterocycles. The molecule has 0 saturated heterocycles. The van der Waals surface area contributed by atoms with Crippen LogP contribution in [0.5, 0.6) is 0 Å². The van der Waals surface area contributed by atoms with Gasteiger partial charge in [-0.25, -0.2) is 8.42 Å². The van der Waals surface area contributed by atoms with Crippen molar-refractivity contribution in [3.05, 3.63) is 29.8 Å². The van der Waals surface area contributed by atoms with Crippen molar-refractivity contribution < 1.29 is 21.7 Å². The van der Waals surface area contributed by atoms with Crippen LogP contribution < -0.4 is 0 Å². The molecule has 1 aromatic carbocycles. The Kier molecular flexibility index (Phi) is 7.38. The first-order valence-corrected chi connectivity index (χ1v) is 11.3. The van der Waals surface area contributed by atoms with Gasteiger partial charge in [0.15, 0.2) is 0 Å². The Balaban J connectivity index is 3.20. The molecule has 0 radical (unpaired) electrons. The molecule has 8 heteroatoms. The number of benzene rings is 1. The van der Waals surface area contributed by atoms with Gasteiger partial charge in [-0.2, -0.15) is 0 Å². The summed E-state index contributed by atoms with van der Waals surface area (Å²) in [5, 5.41) is 0. The van der Waals surface area contributed by atoms with E-state index in [0.717, 1.165) is 0 Å². The SMILES string of the molecule is CCO[Si](Cc1ccccc1S(=O)(=O)S)(OCC)OCC. The fourth-order valence-electron chi connectivity index (χ4n) is 2.07. The lowest BCUT2D eigenvalue weighted by Gasteiger charge is -2.29. The van der Waals surface area contributed by atoms with Crippen molar-refractivity contribution in [1.82, 2.24) is 0 Å². The van der Waals surface area contributed by atoms with Crippen LogP contribution >= 0.6 is 11.7 Å². The first-order chi connectivity index (χ1) is 9.88. The largest absolute Gasteiger partial charge is 0.505 e. The maximum atomic E-state index is 11.8. The number of hydrogen-bond donors (Lipinski definition) is 1. The lowest BCUT2D eigenvalue weighted by atomic mass is 10.2. The normalized spacial score (nSPS) is 12.6. The maximum absolute atomic E-state index is 11.8. The fraction of sp³-hybridized carbons (Fsp3) is 0.538. The first kappa shape index (κ1) is 18.7. The Labute approximate surface area is 132 Å². The van der Waals surface area contributed by atoms with Gasteiger partial charge in [-0.1, -0.05) is 18.2 Å². The molecule has 1 rings (SSSR count). The van der Waals surface area contributed by atoms with E-state index in [1.807, 2.05) is 20.8 Å². The topological polar surface area (TPSA) is 61.8 Å². The summed E-state index contributed by atoms with van der Waals surface area (Å²) < 4.78 is 40.8. The highest BCUT2D eigenvalue weighted by atomic mass is 33.1. The lowest BCUT2D eigenvalue weighted by Crippen LogP contribution is -2.48. The zero-order chi connectivity index (χ0) is 15.9. The van der Waals surface area contributed by atoms with Gasteiger partial charge in [0.2, 0.25) is 8.87 Å². The van der Waals surface area contributed by atoms with Gasteiger partial charge in [0.1, 0.15) is 0 Å². The number of thiol groups is 1. The minimum absolute atomic E-state index is 0.171. The van der Waals surface area contributed by atoms with Crippen LogP contribution in [0.15, 0.2) is 29.2 Å². The van der Waals surface area contributed by atoms with E-state index in [1.165, 1.54) is 6.07 Å². The molecular weight excluding hydrogens is 328 g/mol. The molecule has 0 atom stereocenters. The van der Waals surface area contributed by atoms with Crippen molar-refractivity contribution in [3.8, 4) is 0 Å². The van der Waals surface area contributed by atoms with Crippen LogP contribution in [-0.2, 0) is 28.2 Å². The van der Waals surface area contributed by atoms with Crippen molar-refractivity contribution in [2.75, 3.05) is 19.8 Å². The van der Waals surface area contributed by atoms with Crippen molar-refractivity contribution >= 4 is 29.3 Å². The van der Waals surface area contributed by atoms with Gasteiger partial charge in [-0.15, -0.1) is 0 Å². The second-order valence-corrected chi connectivity index (χ2v) is 9.66. The Morgan fingerprint density at radius 2 is 1.48 bits per heavy atom. The molecule has 0 bridgehead atoms. The number of hydrogen-bond acceptors (Lipinski definition) is 5. The summed E-state index contributed by atoms with van der Waals surface area (Å²) in [6, 6.07) is 7.01. The van der Waals surface area contributed by atoms with Crippen molar-refractivity contribution in [2.24, 2.45) is 0 Å². The summed E-state index contributed by atoms with van der Waals surface area (Å²) in [6.07, 6.45) is 0. The molecular formula is C13H22O5S2Si. The van der Waals surface area contributed by atoms with Gasteiger partial charge in [0, 0.05) is 25.9 Å². The smallest absolute Gasteiger partial charge is 0.374 e. The van der Waals surface area contributed by atoms with Gasteiger partial charge in [0.25, 0.3) is 0 Å². The molecule has 1 aromatic rings. The van der Waals surface area contributed by atoms with Gasteiger partial charge < -0.3 is 13.3 Å². The van der Waals surface area contributed by atoms with E-state index in [0.29, 0.717) is 31.4 Å². The minimum Gasteiger partial charge on any atom is -0.374 e. The van der Waals surface area contributed by atoms with Gasteiger partial charge >= 0.3 is 8.80 Å². The molecule has 21 heavy (non-hydrogen) atoms. The summed E-state index contributed by atoms with van der Waals surface area (Å²) in [7, 11) is -6.55. The second-order valence-electron chi connectivity index (χ2n) is 4.24. The molecule has 0 aromatic heterocycles. The zero-order valence-electron chi connectivity index (χ0n) is 12.5. The molecule has 120 valence electrons. The molecule has 0 unspecified atom stereocenters. The Morgan fingerprint density at radius 1 is 1.00 bits per heavy atom. The van der Waals surface area contributed by atoms with Gasteiger partial charge in [0.05, 0.1) is 4.90 Å². The van der Waals surface area contributed by atoms with E-state index >= 15 is 0 Å². The standard InChI is InChI=1S/C13H22O5S2Si/c1-4-16-21(17-5-2,18-6-3)11-12-9-7-8-10-13(12)20(14,15)19/h7-10H,4-6,11H2,1-3H3,(H,14,15,19). The number of rotatable bonds is 9. The molecule has 0 fully saturated rings. The van der Waals surface area contributed by atoms with E-state index in [2.05, 4.69) is 11.7 Å². The van der Waals surface area contributed by atoms with E-state index in [1.54, 1.807) is 18.2 Å². The van der Waals surface area contributed by atoms with Gasteiger partial charge in [-0.05, 0) is 44.1 Å².